The van der Waals surface area contributed by atoms with Crippen LogP contribution in [0.4, 0.5) is 0 Å². The lowest BCUT2D eigenvalue weighted by atomic mass is 10.0. The quantitative estimate of drug-likeness (QED) is 0.591. The molecule has 3 unspecified atom stereocenters. The second-order valence-corrected chi connectivity index (χ2v) is 3.23. The zero-order valence-electron chi connectivity index (χ0n) is 7.06. The van der Waals surface area contributed by atoms with Gasteiger partial charge in [0.15, 0.2) is 0 Å². The van der Waals surface area contributed by atoms with E-state index >= 15 is 0 Å². The SMILES string of the molecule is CC(=O)CC1CC(O)C(O)CO1. The number of Topliss-reactive ketones (excluding diaryl/α,β-unsaturated/α-hetero) is 1. The molecule has 1 fully saturated rings. The van der Waals surface area contributed by atoms with Crippen molar-refractivity contribution >= 4 is 5.78 Å². The predicted molar refractivity (Wildman–Crippen MR) is 41.7 cm³/mol. The van der Waals surface area contributed by atoms with Crippen molar-refractivity contribution in [2.24, 2.45) is 0 Å². The summed E-state index contributed by atoms with van der Waals surface area (Å²) in [7, 11) is 0. The van der Waals surface area contributed by atoms with Crippen molar-refractivity contribution in [2.45, 2.75) is 38.1 Å². The predicted octanol–water partition coefficient (Wildman–Crippen LogP) is -0.524. The Morgan fingerprint density at radius 2 is 2.17 bits per heavy atom. The average molecular weight is 174 g/mol. The van der Waals surface area contributed by atoms with Crippen molar-refractivity contribution in [3.8, 4) is 0 Å². The molecule has 70 valence electrons. The zero-order chi connectivity index (χ0) is 9.14. The van der Waals surface area contributed by atoms with Crippen molar-refractivity contribution in [3.63, 3.8) is 0 Å². The molecule has 1 saturated heterocycles. The van der Waals surface area contributed by atoms with Gasteiger partial charge in [0, 0.05) is 12.8 Å². The van der Waals surface area contributed by atoms with Crippen LogP contribution in [0.2, 0.25) is 0 Å². The first-order valence-electron chi connectivity index (χ1n) is 4.06. The number of ketones is 1. The summed E-state index contributed by atoms with van der Waals surface area (Å²) in [6, 6.07) is 0. The first-order chi connectivity index (χ1) is 5.59. The third-order valence-electron chi connectivity index (χ3n) is 1.97. The molecule has 3 atom stereocenters. The van der Waals surface area contributed by atoms with E-state index in [1.807, 2.05) is 0 Å². The molecule has 0 aromatic carbocycles. The van der Waals surface area contributed by atoms with Crippen LogP contribution in [-0.4, -0.2) is 40.9 Å². The summed E-state index contributed by atoms with van der Waals surface area (Å²) in [4.78, 5) is 10.7. The van der Waals surface area contributed by atoms with Crippen LogP contribution in [0.15, 0.2) is 0 Å². The van der Waals surface area contributed by atoms with Gasteiger partial charge in [-0.3, -0.25) is 4.79 Å². The Balaban J connectivity index is 2.35. The van der Waals surface area contributed by atoms with Crippen LogP contribution in [0, 0.1) is 0 Å². The van der Waals surface area contributed by atoms with E-state index < -0.39 is 12.2 Å². The number of hydrogen-bond acceptors (Lipinski definition) is 4. The molecule has 0 amide bonds. The standard InChI is InChI=1S/C8H14O4/c1-5(9)2-6-3-7(10)8(11)4-12-6/h6-8,10-11H,2-4H2,1H3. The highest BCUT2D eigenvalue weighted by molar-refractivity contribution is 5.75. The van der Waals surface area contributed by atoms with E-state index in [1.165, 1.54) is 6.92 Å². The largest absolute Gasteiger partial charge is 0.390 e. The molecule has 0 radical (unpaired) electrons. The molecule has 1 heterocycles. The van der Waals surface area contributed by atoms with Crippen LogP contribution >= 0.6 is 0 Å². The normalized spacial score (nSPS) is 36.4. The van der Waals surface area contributed by atoms with Crippen LogP contribution in [0.3, 0.4) is 0 Å². The number of rotatable bonds is 2. The molecular formula is C8H14O4. The van der Waals surface area contributed by atoms with Crippen LogP contribution in [0.25, 0.3) is 0 Å². The van der Waals surface area contributed by atoms with E-state index in [4.69, 9.17) is 9.84 Å². The first-order valence-corrected chi connectivity index (χ1v) is 4.06. The minimum Gasteiger partial charge on any atom is -0.390 e. The number of aliphatic hydroxyl groups is 2. The van der Waals surface area contributed by atoms with Gasteiger partial charge >= 0.3 is 0 Å². The highest BCUT2D eigenvalue weighted by Crippen LogP contribution is 2.16. The Hall–Kier alpha value is -0.450. The number of carbonyl (C=O) groups excluding carboxylic acids is 1. The Labute approximate surface area is 71.2 Å². The Bertz CT molecular complexity index is 168. The fourth-order valence-electron chi connectivity index (χ4n) is 1.30. The van der Waals surface area contributed by atoms with Gasteiger partial charge < -0.3 is 14.9 Å². The minimum absolute atomic E-state index is 0.0450. The van der Waals surface area contributed by atoms with Crippen LogP contribution in [0.5, 0.6) is 0 Å². The number of ether oxygens (including phenoxy) is 1. The van der Waals surface area contributed by atoms with Crippen molar-refractivity contribution in [2.75, 3.05) is 6.61 Å². The van der Waals surface area contributed by atoms with Crippen LogP contribution in [-0.2, 0) is 9.53 Å². The first kappa shape index (κ1) is 9.64. The number of hydrogen-bond donors (Lipinski definition) is 2. The summed E-state index contributed by atoms with van der Waals surface area (Å²) in [5, 5.41) is 18.3. The van der Waals surface area contributed by atoms with Crippen LogP contribution < -0.4 is 0 Å². The topological polar surface area (TPSA) is 66.8 Å². The molecule has 12 heavy (non-hydrogen) atoms. The second-order valence-electron chi connectivity index (χ2n) is 3.23. The maximum atomic E-state index is 10.7. The Morgan fingerprint density at radius 1 is 1.50 bits per heavy atom. The minimum atomic E-state index is -0.798. The molecule has 0 aromatic heterocycles. The average Bonchev–Trinajstić information content (AvgIpc) is 1.96. The Morgan fingerprint density at radius 3 is 2.67 bits per heavy atom. The molecule has 0 saturated carbocycles. The molecule has 1 rings (SSSR count). The van der Waals surface area contributed by atoms with Crippen molar-refractivity contribution < 1.29 is 19.7 Å². The lowest BCUT2D eigenvalue weighted by Crippen LogP contribution is -2.41. The van der Waals surface area contributed by atoms with Gasteiger partial charge in [0.05, 0.1) is 18.8 Å². The lowest BCUT2D eigenvalue weighted by molar-refractivity contribution is -0.135. The van der Waals surface area contributed by atoms with E-state index in [0.717, 1.165) is 0 Å². The molecule has 0 spiro atoms. The smallest absolute Gasteiger partial charge is 0.132 e. The monoisotopic (exact) mass is 174 g/mol. The molecule has 4 nitrogen and oxygen atoms in total. The highest BCUT2D eigenvalue weighted by atomic mass is 16.5. The molecule has 0 aromatic rings. The van der Waals surface area contributed by atoms with Gasteiger partial charge in [-0.25, -0.2) is 0 Å². The summed E-state index contributed by atoms with van der Waals surface area (Å²) < 4.78 is 5.14. The molecule has 0 aliphatic carbocycles. The summed E-state index contributed by atoms with van der Waals surface area (Å²) in [5.74, 6) is 0.0450. The molecule has 4 heteroatoms. The van der Waals surface area contributed by atoms with Gasteiger partial charge in [-0.15, -0.1) is 0 Å². The molecule has 0 bridgehead atoms. The fraction of sp³-hybridized carbons (Fsp3) is 0.875. The molecular weight excluding hydrogens is 160 g/mol. The van der Waals surface area contributed by atoms with Gasteiger partial charge in [-0.05, 0) is 6.92 Å². The number of aliphatic hydroxyl groups excluding tert-OH is 2. The summed E-state index contributed by atoms with van der Waals surface area (Å²) >= 11 is 0. The summed E-state index contributed by atoms with van der Waals surface area (Å²) in [5.41, 5.74) is 0. The third-order valence-corrected chi connectivity index (χ3v) is 1.97. The molecule has 2 N–H and O–H groups in total. The van der Waals surface area contributed by atoms with Crippen molar-refractivity contribution in [3.05, 3.63) is 0 Å². The van der Waals surface area contributed by atoms with E-state index in [2.05, 4.69) is 0 Å². The maximum absolute atomic E-state index is 10.7. The van der Waals surface area contributed by atoms with E-state index in [9.17, 15) is 9.90 Å². The van der Waals surface area contributed by atoms with Gasteiger partial charge in [-0.1, -0.05) is 0 Å². The van der Waals surface area contributed by atoms with E-state index in [1.54, 1.807) is 0 Å². The highest BCUT2D eigenvalue weighted by Gasteiger charge is 2.28. The van der Waals surface area contributed by atoms with Crippen molar-refractivity contribution in [1.82, 2.24) is 0 Å². The van der Waals surface area contributed by atoms with Crippen molar-refractivity contribution in [1.29, 1.82) is 0 Å². The second kappa shape index (κ2) is 3.98. The zero-order valence-corrected chi connectivity index (χ0v) is 7.06. The third kappa shape index (κ3) is 2.55. The van der Waals surface area contributed by atoms with Crippen LogP contribution in [0.1, 0.15) is 19.8 Å². The maximum Gasteiger partial charge on any atom is 0.132 e. The lowest BCUT2D eigenvalue weighted by Gasteiger charge is -2.29. The van der Waals surface area contributed by atoms with E-state index in [0.29, 0.717) is 12.8 Å². The number of carbonyl (C=O) groups is 1. The van der Waals surface area contributed by atoms with Gasteiger partial charge in [0.2, 0.25) is 0 Å². The fourth-order valence-corrected chi connectivity index (χ4v) is 1.30. The van der Waals surface area contributed by atoms with Gasteiger partial charge in [-0.2, -0.15) is 0 Å². The Kier molecular flexibility index (Phi) is 3.20. The molecule has 1 aliphatic rings. The van der Waals surface area contributed by atoms with Gasteiger partial charge in [0.25, 0.3) is 0 Å². The summed E-state index contributed by atoms with van der Waals surface area (Å²) in [6.45, 7) is 1.61. The summed E-state index contributed by atoms with van der Waals surface area (Å²) in [6.07, 6.45) is -1.10. The van der Waals surface area contributed by atoms with E-state index in [-0.39, 0.29) is 18.5 Å². The van der Waals surface area contributed by atoms with Gasteiger partial charge in [0.1, 0.15) is 11.9 Å². The molecule has 1 aliphatic heterocycles.